The molecule has 0 aliphatic carbocycles. The van der Waals surface area contributed by atoms with Crippen molar-refractivity contribution < 1.29 is 18.0 Å². The first kappa shape index (κ1) is 18.5. The fourth-order valence-corrected chi connectivity index (χ4v) is 2.70. The van der Waals surface area contributed by atoms with E-state index < -0.39 is 17.7 Å². The van der Waals surface area contributed by atoms with E-state index in [0.717, 1.165) is 17.7 Å². The van der Waals surface area contributed by atoms with Gasteiger partial charge in [0.05, 0.1) is 29.3 Å². The van der Waals surface area contributed by atoms with Crippen molar-refractivity contribution in [1.82, 2.24) is 9.78 Å². The van der Waals surface area contributed by atoms with E-state index in [9.17, 15) is 18.0 Å². The quantitative estimate of drug-likeness (QED) is 0.701. The Kier molecular flexibility index (Phi) is 5.16. The van der Waals surface area contributed by atoms with Gasteiger partial charge in [-0.1, -0.05) is 12.1 Å². The van der Waals surface area contributed by atoms with Gasteiger partial charge in [-0.15, -0.1) is 0 Å². The van der Waals surface area contributed by atoms with E-state index in [1.54, 1.807) is 30.7 Å². The molecule has 0 saturated heterocycles. The third kappa shape index (κ3) is 4.28. The molecule has 2 amide bonds. The van der Waals surface area contributed by atoms with Crippen LogP contribution in [-0.2, 0) is 6.54 Å². The molecule has 3 rings (SSSR count). The summed E-state index contributed by atoms with van der Waals surface area (Å²) in [6.07, 6.45) is 0. The second-order valence-electron chi connectivity index (χ2n) is 6.04. The van der Waals surface area contributed by atoms with E-state index in [2.05, 4.69) is 15.7 Å². The van der Waals surface area contributed by atoms with Gasteiger partial charge in [0.25, 0.3) is 0 Å². The Morgan fingerprint density at radius 2 is 1.78 bits per heavy atom. The van der Waals surface area contributed by atoms with E-state index in [0.29, 0.717) is 29.7 Å². The second kappa shape index (κ2) is 7.53. The predicted octanol–water partition coefficient (Wildman–Crippen LogP) is 4.61. The summed E-state index contributed by atoms with van der Waals surface area (Å²) in [6, 6.07) is 8.34. The third-order valence-corrected chi connectivity index (χ3v) is 4.02. The van der Waals surface area contributed by atoms with Crippen LogP contribution in [0.25, 0.3) is 0 Å². The molecule has 1 aromatic heterocycles. The highest BCUT2D eigenvalue weighted by molar-refractivity contribution is 6.00. The van der Waals surface area contributed by atoms with Gasteiger partial charge >= 0.3 is 6.03 Å². The maximum absolute atomic E-state index is 13.7. The number of anilines is 2. The Labute approximate surface area is 153 Å². The Morgan fingerprint density at radius 3 is 2.48 bits per heavy atom. The van der Waals surface area contributed by atoms with Crippen molar-refractivity contribution >= 4 is 17.4 Å². The molecule has 0 bridgehead atoms. The van der Waals surface area contributed by atoms with Gasteiger partial charge in [0.1, 0.15) is 17.5 Å². The van der Waals surface area contributed by atoms with E-state index in [1.165, 1.54) is 12.1 Å². The normalized spacial score (nSPS) is 10.7. The summed E-state index contributed by atoms with van der Waals surface area (Å²) in [5.74, 6) is -1.95. The van der Waals surface area contributed by atoms with Crippen LogP contribution in [0.1, 0.15) is 17.0 Å². The monoisotopic (exact) mass is 374 g/mol. The lowest BCUT2D eigenvalue weighted by Gasteiger charge is -2.09. The van der Waals surface area contributed by atoms with Crippen molar-refractivity contribution in [3.8, 4) is 0 Å². The van der Waals surface area contributed by atoms with E-state index in [4.69, 9.17) is 0 Å². The van der Waals surface area contributed by atoms with Gasteiger partial charge in [-0.3, -0.25) is 4.68 Å². The van der Waals surface area contributed by atoms with Gasteiger partial charge < -0.3 is 10.6 Å². The number of rotatable bonds is 4. The molecule has 0 aliphatic heterocycles. The molecule has 0 fully saturated rings. The molecule has 0 unspecified atom stereocenters. The second-order valence-corrected chi connectivity index (χ2v) is 6.04. The molecule has 0 saturated carbocycles. The molecule has 0 aliphatic rings. The van der Waals surface area contributed by atoms with Gasteiger partial charge in [0, 0.05) is 6.07 Å². The van der Waals surface area contributed by atoms with Crippen molar-refractivity contribution in [2.45, 2.75) is 20.4 Å². The van der Waals surface area contributed by atoms with Crippen molar-refractivity contribution in [3.05, 3.63) is 76.9 Å². The maximum Gasteiger partial charge on any atom is 0.323 e. The Bertz CT molecular complexity index is 1000. The summed E-state index contributed by atoms with van der Waals surface area (Å²) < 4.78 is 41.6. The van der Waals surface area contributed by atoms with Crippen molar-refractivity contribution in [3.63, 3.8) is 0 Å². The van der Waals surface area contributed by atoms with Gasteiger partial charge in [-0.05, 0) is 43.7 Å². The number of aromatic nitrogens is 2. The molecule has 3 aromatic rings. The smallest absolute Gasteiger partial charge is 0.305 e. The first-order valence-corrected chi connectivity index (χ1v) is 8.15. The van der Waals surface area contributed by atoms with Crippen LogP contribution in [0, 0.1) is 31.3 Å². The summed E-state index contributed by atoms with van der Waals surface area (Å²) in [5.41, 5.74) is 2.26. The largest absolute Gasteiger partial charge is 0.323 e. The molecule has 140 valence electrons. The molecular weight excluding hydrogens is 357 g/mol. The van der Waals surface area contributed by atoms with Crippen LogP contribution >= 0.6 is 0 Å². The number of carbonyl (C=O) groups is 1. The number of nitrogens with one attached hydrogen (secondary N) is 2. The summed E-state index contributed by atoms with van der Waals surface area (Å²) in [5, 5.41) is 9.30. The van der Waals surface area contributed by atoms with Crippen molar-refractivity contribution in [2.75, 3.05) is 10.6 Å². The molecule has 1 heterocycles. The van der Waals surface area contributed by atoms with Crippen LogP contribution in [0.15, 0.2) is 42.5 Å². The highest BCUT2D eigenvalue weighted by Gasteiger charge is 2.15. The number of nitrogens with zero attached hydrogens (tertiary/aromatic N) is 2. The first-order valence-electron chi connectivity index (χ1n) is 8.15. The number of benzene rings is 2. The molecular formula is C19H17F3N4O. The fourth-order valence-electron chi connectivity index (χ4n) is 2.70. The van der Waals surface area contributed by atoms with Crippen LogP contribution in [-0.4, -0.2) is 15.8 Å². The average Bonchev–Trinajstić information content (AvgIpc) is 2.85. The number of hydrogen-bond donors (Lipinski definition) is 2. The van der Waals surface area contributed by atoms with Gasteiger partial charge in [-0.2, -0.15) is 5.10 Å². The van der Waals surface area contributed by atoms with E-state index in [1.807, 2.05) is 0 Å². The summed E-state index contributed by atoms with van der Waals surface area (Å²) in [7, 11) is 0. The molecule has 0 atom stereocenters. The minimum absolute atomic E-state index is 0.142. The number of amides is 2. The highest BCUT2D eigenvalue weighted by atomic mass is 19.1. The predicted molar refractivity (Wildman–Crippen MR) is 96.2 cm³/mol. The number of urea groups is 1. The molecule has 0 radical (unpaired) electrons. The van der Waals surface area contributed by atoms with Crippen LogP contribution < -0.4 is 10.6 Å². The number of carbonyl (C=O) groups excluding carboxylic acids is 1. The standard InChI is InChI=1S/C19H17F3N4O/c1-11-18(24-19(27)23-17-7-6-15(21)9-16(17)22)12(2)26(25-11)10-13-4-3-5-14(20)8-13/h3-9H,10H2,1-2H3,(H2,23,24,27). The molecule has 8 heteroatoms. The lowest BCUT2D eigenvalue weighted by molar-refractivity contribution is 0.262. The van der Waals surface area contributed by atoms with Crippen LogP contribution in [0.3, 0.4) is 0 Å². The highest BCUT2D eigenvalue weighted by Crippen LogP contribution is 2.22. The van der Waals surface area contributed by atoms with Gasteiger partial charge in [0.15, 0.2) is 0 Å². The SMILES string of the molecule is Cc1nn(Cc2cccc(F)c2)c(C)c1NC(=O)Nc1ccc(F)cc1F. The Balaban J connectivity index is 1.75. The van der Waals surface area contributed by atoms with Crippen LogP contribution in [0.5, 0.6) is 0 Å². The summed E-state index contributed by atoms with van der Waals surface area (Å²) in [4.78, 5) is 12.2. The molecule has 2 aromatic carbocycles. The van der Waals surface area contributed by atoms with Crippen molar-refractivity contribution in [2.24, 2.45) is 0 Å². The molecule has 5 nitrogen and oxygen atoms in total. The number of hydrogen-bond acceptors (Lipinski definition) is 2. The third-order valence-electron chi connectivity index (χ3n) is 4.02. The van der Waals surface area contributed by atoms with E-state index >= 15 is 0 Å². The van der Waals surface area contributed by atoms with Crippen LogP contribution in [0.2, 0.25) is 0 Å². The van der Waals surface area contributed by atoms with E-state index in [-0.39, 0.29) is 11.5 Å². The average molecular weight is 374 g/mol. The lowest BCUT2D eigenvalue weighted by atomic mass is 10.2. The van der Waals surface area contributed by atoms with Gasteiger partial charge in [-0.25, -0.2) is 18.0 Å². The number of aryl methyl sites for hydroxylation is 1. The minimum Gasteiger partial charge on any atom is -0.305 e. The number of halogens is 3. The molecule has 0 spiro atoms. The zero-order valence-electron chi connectivity index (χ0n) is 14.7. The Morgan fingerprint density at radius 1 is 1.04 bits per heavy atom. The molecule has 27 heavy (non-hydrogen) atoms. The fraction of sp³-hybridized carbons (Fsp3) is 0.158. The maximum atomic E-state index is 13.7. The first-order chi connectivity index (χ1) is 12.8. The van der Waals surface area contributed by atoms with Gasteiger partial charge in [0.2, 0.25) is 0 Å². The zero-order chi connectivity index (χ0) is 19.6. The molecule has 2 N–H and O–H groups in total. The topological polar surface area (TPSA) is 59.0 Å². The van der Waals surface area contributed by atoms with Crippen LogP contribution in [0.4, 0.5) is 29.3 Å². The summed E-state index contributed by atoms with van der Waals surface area (Å²) >= 11 is 0. The minimum atomic E-state index is -0.875. The zero-order valence-corrected chi connectivity index (χ0v) is 14.7. The lowest BCUT2D eigenvalue weighted by Crippen LogP contribution is -2.21. The Hall–Kier alpha value is -3.29. The summed E-state index contributed by atoms with van der Waals surface area (Å²) in [6.45, 7) is 3.80. The van der Waals surface area contributed by atoms with Crippen molar-refractivity contribution in [1.29, 1.82) is 0 Å².